The van der Waals surface area contributed by atoms with Crippen LogP contribution >= 0.6 is 10.6 Å². The van der Waals surface area contributed by atoms with E-state index in [9.17, 15) is 0 Å². The number of rotatable bonds is 0. The minimum absolute atomic E-state index is 0. The molecular weight excluding hydrogens is 307 g/mol. The van der Waals surface area contributed by atoms with Crippen LogP contribution in [-0.4, -0.2) is 63.0 Å². The van der Waals surface area contributed by atoms with Crippen LogP contribution in [0.4, 0.5) is 0 Å². The van der Waals surface area contributed by atoms with Gasteiger partial charge in [0.15, 0.2) is 17.4 Å². The minimum atomic E-state index is 0. The van der Waals surface area contributed by atoms with Crippen LogP contribution in [0.3, 0.4) is 0 Å². The first kappa shape index (κ1) is 25.0. The molecule has 0 bridgehead atoms. The second-order valence-corrected chi connectivity index (χ2v) is 0. The Balaban J connectivity index is -0.00000000167. The van der Waals surface area contributed by atoms with Gasteiger partial charge in [0.2, 0.25) is 0 Å². The summed E-state index contributed by atoms with van der Waals surface area (Å²) in [6.07, 6.45) is 0. The zero-order chi connectivity index (χ0) is 2.00. The molecule has 0 aromatic rings. The zero-order valence-corrected chi connectivity index (χ0v) is 2.47. The second kappa shape index (κ2) is 29.3. The van der Waals surface area contributed by atoms with Crippen molar-refractivity contribution in [3.63, 3.8) is 0 Å². The molecule has 0 aliphatic heterocycles. The average Bonchev–Trinajstić information content (AvgIpc) is 1.00. The van der Waals surface area contributed by atoms with E-state index in [2.05, 4.69) is 24.9 Å². The van der Waals surface area contributed by atoms with Crippen LogP contribution < -0.4 is 0 Å². The predicted octanol–water partition coefficient (Wildman–Crippen LogP) is -2.91. The summed E-state index contributed by atoms with van der Waals surface area (Å²) in [5, 5.41) is 0. The molecule has 0 aliphatic carbocycles. The summed E-state index contributed by atoms with van der Waals surface area (Å²) in [6.45, 7) is 0. The molecule has 5 heavy (non-hydrogen) atoms. The van der Waals surface area contributed by atoms with E-state index in [1.807, 2.05) is 0 Å². The summed E-state index contributed by atoms with van der Waals surface area (Å²) in [4.78, 5) is 0. The molecule has 0 spiro atoms. The summed E-state index contributed by atoms with van der Waals surface area (Å²) in [6, 6.07) is 0. The van der Waals surface area contributed by atoms with Crippen molar-refractivity contribution in [2.45, 2.75) is 0 Å². The van der Waals surface area contributed by atoms with Gasteiger partial charge in [0.25, 0.3) is 0 Å². The Morgan fingerprint density at radius 2 is 1.20 bits per heavy atom. The molecule has 0 heterocycles. The first-order chi connectivity index (χ1) is 1.00. The number of hydrogen-bond acceptors (Lipinski definition) is 1. The summed E-state index contributed by atoms with van der Waals surface area (Å²) in [5.41, 5.74) is 0. The van der Waals surface area contributed by atoms with Crippen LogP contribution in [-0.2, 0) is 14.4 Å². The molecular formula is H9AlCuGaInS. The van der Waals surface area contributed by atoms with Gasteiger partial charge in [0.05, 0.1) is 0 Å². The maximum atomic E-state index is 3.77. The molecule has 0 nitrogen and oxygen atoms in total. The monoisotopic (exact) mass is 315 g/mol. The Labute approximate surface area is 86.5 Å². The Bertz CT molecular complexity index is 11.6. The maximum absolute atomic E-state index is 3.77. The molecule has 0 aliphatic rings. The predicted molar refractivity (Wildman–Crippen MR) is 37.4 cm³/mol. The summed E-state index contributed by atoms with van der Waals surface area (Å²) in [5.74, 6) is 0. The van der Waals surface area contributed by atoms with E-state index in [0.29, 0.717) is 0 Å². The van der Waals surface area contributed by atoms with Gasteiger partial charge in [-0.2, -0.15) is 0 Å². The van der Waals surface area contributed by atoms with E-state index in [1.165, 1.54) is 0 Å². The van der Waals surface area contributed by atoms with E-state index >= 15 is 0 Å². The van der Waals surface area contributed by atoms with E-state index in [4.69, 9.17) is 0 Å². The normalized spacial score (nSPS) is 1.20. The molecule has 0 aromatic heterocycles. The van der Waals surface area contributed by atoms with Gasteiger partial charge in [-0.15, -0.1) is 0 Å². The van der Waals surface area contributed by atoms with Crippen molar-refractivity contribution in [3.8, 4) is 0 Å². The van der Waals surface area contributed by atoms with Crippen LogP contribution in [0, 0.1) is 0 Å². The average molecular weight is 316 g/mol. The summed E-state index contributed by atoms with van der Waals surface area (Å²) >= 11 is 3.77. The van der Waals surface area contributed by atoms with Gasteiger partial charge in [-0.05, 0) is 0 Å². The molecule has 0 saturated carbocycles. The van der Waals surface area contributed by atoms with Crippen molar-refractivity contribution in [2.75, 3.05) is 0 Å². The molecule has 35 valence electrons. The molecule has 0 saturated heterocycles. The standard InChI is InChI=1S/Al.Cu.Ga.In.S.9H. The number of hydrogen-bond donors (Lipinski definition) is 0. The summed E-state index contributed by atoms with van der Waals surface area (Å²) in [7, 11) is 3.65. The van der Waals surface area contributed by atoms with Gasteiger partial charge < -0.3 is 0 Å². The molecule has 0 radical (unpaired) electrons. The molecule has 0 atom stereocenters. The fourth-order valence-electron chi connectivity index (χ4n) is 0. The molecule has 0 fully saturated rings. The van der Waals surface area contributed by atoms with Gasteiger partial charge in [-0.25, -0.2) is 0 Å². The van der Waals surface area contributed by atoms with E-state index in [-0.39, 0.29) is 63.0 Å². The molecule has 0 N–H and O–H groups in total. The van der Waals surface area contributed by atoms with Crippen molar-refractivity contribution in [2.24, 2.45) is 0 Å². The first-order valence-electron chi connectivity index (χ1n) is 0.123. The van der Waals surface area contributed by atoms with Crippen molar-refractivity contribution >= 4 is 73.5 Å². The fraction of sp³-hybridized carbons (Fsp3) is 0. The van der Waals surface area contributed by atoms with Crippen LogP contribution in [0.5, 0.6) is 0 Å². The molecule has 0 aromatic carbocycles. The Morgan fingerprint density at radius 1 is 1.20 bits per heavy atom. The quantitative estimate of drug-likeness (QED) is 0.432. The summed E-state index contributed by atoms with van der Waals surface area (Å²) < 4.78 is 0. The van der Waals surface area contributed by atoms with Crippen molar-refractivity contribution in [1.29, 1.82) is 0 Å². The second-order valence-electron chi connectivity index (χ2n) is 0. The third-order valence-electron chi connectivity index (χ3n) is 0. The van der Waals surface area contributed by atoms with Gasteiger partial charge in [0.1, 0.15) is 0 Å². The fourth-order valence-corrected chi connectivity index (χ4v) is 0. The van der Waals surface area contributed by atoms with Crippen molar-refractivity contribution in [1.82, 2.24) is 0 Å². The van der Waals surface area contributed by atoms with Crippen LogP contribution in [0.15, 0.2) is 0 Å². The van der Waals surface area contributed by atoms with Gasteiger partial charge in [-0.1, -0.05) is 0 Å². The van der Waals surface area contributed by atoms with Gasteiger partial charge in [-0.3, -0.25) is 0 Å². The van der Waals surface area contributed by atoms with E-state index in [0.717, 1.165) is 0 Å². The van der Waals surface area contributed by atoms with Gasteiger partial charge in [0, 0.05) is 0 Å². The van der Waals surface area contributed by atoms with E-state index < -0.39 is 0 Å². The molecule has 0 rings (SSSR count). The van der Waals surface area contributed by atoms with Crippen molar-refractivity contribution < 1.29 is 14.4 Å². The third kappa shape index (κ3) is 20.0. The first-order valence-corrected chi connectivity index (χ1v) is 1.52. The van der Waals surface area contributed by atoms with Crippen LogP contribution in [0.1, 0.15) is 0 Å². The van der Waals surface area contributed by atoms with Crippen LogP contribution in [0.25, 0.3) is 0 Å². The molecule has 0 unspecified atom stereocenters. The zero-order valence-electron chi connectivity index (χ0n) is 0.710. The van der Waals surface area contributed by atoms with Gasteiger partial charge >= 0.3 is 70.6 Å². The topological polar surface area (TPSA) is 0 Å². The molecule has 0 amide bonds. The van der Waals surface area contributed by atoms with Crippen LogP contribution in [0.2, 0.25) is 0 Å². The molecule has 5 heteroatoms. The Morgan fingerprint density at radius 3 is 1.20 bits per heavy atom. The Kier molecular flexibility index (Phi) is 147. The van der Waals surface area contributed by atoms with E-state index in [1.54, 1.807) is 0 Å². The van der Waals surface area contributed by atoms with Crippen molar-refractivity contribution in [3.05, 3.63) is 0 Å². The SMILES string of the molecule is [AlH3].[GaH3].[InH3].[S]=[Cu]. The third-order valence-corrected chi connectivity index (χ3v) is 0. The Hall–Kier alpha value is 2.78.